The summed E-state index contributed by atoms with van der Waals surface area (Å²) in [4.78, 5) is 0. The Labute approximate surface area is 89.7 Å². The second kappa shape index (κ2) is 4.84. The second-order valence-corrected chi connectivity index (χ2v) is 3.50. The fourth-order valence-electron chi connectivity index (χ4n) is 1.58. The molecule has 80 valence electrons. The number of benzene rings is 1. The van der Waals surface area contributed by atoms with E-state index in [1.807, 2.05) is 18.2 Å². The van der Waals surface area contributed by atoms with Gasteiger partial charge in [0.05, 0.1) is 6.54 Å². The van der Waals surface area contributed by atoms with E-state index in [9.17, 15) is 0 Å². The highest BCUT2D eigenvalue weighted by molar-refractivity contribution is 5.43. The van der Waals surface area contributed by atoms with Crippen molar-refractivity contribution in [2.24, 2.45) is 0 Å². The van der Waals surface area contributed by atoms with Crippen molar-refractivity contribution in [1.29, 1.82) is 0 Å². The maximum atomic E-state index is 5.51. The summed E-state index contributed by atoms with van der Waals surface area (Å²) in [5.74, 6) is 1.72. The van der Waals surface area contributed by atoms with Crippen molar-refractivity contribution in [1.82, 2.24) is 0 Å². The Morgan fingerprint density at radius 1 is 1.27 bits per heavy atom. The molecule has 0 aliphatic carbocycles. The maximum absolute atomic E-state index is 5.51. The Kier molecular flexibility index (Phi) is 3.25. The zero-order valence-corrected chi connectivity index (χ0v) is 8.74. The molecule has 0 bridgehead atoms. The summed E-state index contributed by atoms with van der Waals surface area (Å²) >= 11 is 0. The first-order valence-corrected chi connectivity index (χ1v) is 5.21. The van der Waals surface area contributed by atoms with Gasteiger partial charge in [-0.3, -0.25) is 0 Å². The molecule has 1 aromatic rings. The third-order valence-corrected chi connectivity index (χ3v) is 2.32. The van der Waals surface area contributed by atoms with Gasteiger partial charge in [-0.2, -0.15) is 0 Å². The highest BCUT2D eigenvalue weighted by Gasteiger charge is 2.11. The predicted molar refractivity (Wildman–Crippen MR) is 58.1 cm³/mol. The number of hydrogen-bond acceptors (Lipinski definition) is 2. The molecule has 3 nitrogen and oxygen atoms in total. The average molecular weight is 206 g/mol. The summed E-state index contributed by atoms with van der Waals surface area (Å²) in [5.41, 5.74) is 1.25. The molecule has 15 heavy (non-hydrogen) atoms. The van der Waals surface area contributed by atoms with Crippen LogP contribution in [0.25, 0.3) is 0 Å². The first kappa shape index (κ1) is 10.1. The minimum Gasteiger partial charge on any atom is -0.486 e. The molecule has 2 N–H and O–H groups in total. The fourth-order valence-corrected chi connectivity index (χ4v) is 1.58. The predicted octanol–water partition coefficient (Wildman–Crippen LogP) is 0.707. The van der Waals surface area contributed by atoms with Gasteiger partial charge in [-0.15, -0.1) is 0 Å². The molecule has 1 aromatic carbocycles. The van der Waals surface area contributed by atoms with Crippen LogP contribution in [0.15, 0.2) is 30.9 Å². The van der Waals surface area contributed by atoms with Gasteiger partial charge in [-0.25, -0.2) is 0 Å². The summed E-state index contributed by atoms with van der Waals surface area (Å²) in [5, 5.41) is 2.19. The van der Waals surface area contributed by atoms with E-state index in [1.165, 1.54) is 5.56 Å². The van der Waals surface area contributed by atoms with Gasteiger partial charge in [0.2, 0.25) is 0 Å². The van der Waals surface area contributed by atoms with Crippen LogP contribution in [0.5, 0.6) is 11.5 Å². The fraction of sp³-hybridized carbons (Fsp3) is 0.333. The highest BCUT2D eigenvalue weighted by atomic mass is 16.6. The molecule has 0 saturated carbocycles. The number of ether oxygens (including phenoxy) is 2. The summed E-state index contributed by atoms with van der Waals surface area (Å²) in [6.45, 7) is 6.87. The molecule has 0 radical (unpaired) electrons. The summed E-state index contributed by atoms with van der Waals surface area (Å²) in [7, 11) is 0. The average Bonchev–Trinajstić information content (AvgIpc) is 2.29. The van der Waals surface area contributed by atoms with Gasteiger partial charge in [0.1, 0.15) is 19.8 Å². The normalized spacial score (nSPS) is 13.6. The van der Waals surface area contributed by atoms with Crippen LogP contribution in [-0.4, -0.2) is 19.8 Å². The second-order valence-electron chi connectivity index (χ2n) is 3.50. The van der Waals surface area contributed by atoms with Gasteiger partial charge in [0, 0.05) is 5.56 Å². The van der Waals surface area contributed by atoms with Crippen LogP contribution in [-0.2, 0) is 6.54 Å². The Hall–Kier alpha value is -1.48. The topological polar surface area (TPSA) is 35.1 Å². The van der Waals surface area contributed by atoms with Gasteiger partial charge in [-0.1, -0.05) is 6.58 Å². The zero-order chi connectivity index (χ0) is 10.5. The van der Waals surface area contributed by atoms with E-state index in [0.717, 1.165) is 24.6 Å². The van der Waals surface area contributed by atoms with Crippen molar-refractivity contribution < 1.29 is 14.8 Å². The number of fused-ring (bicyclic) bond motifs is 1. The molecule has 0 saturated heterocycles. The lowest BCUT2D eigenvalue weighted by atomic mass is 10.2. The molecule has 0 aromatic heterocycles. The Balaban J connectivity index is 2.03. The van der Waals surface area contributed by atoms with Crippen molar-refractivity contribution in [2.45, 2.75) is 6.54 Å². The molecule has 1 heterocycles. The van der Waals surface area contributed by atoms with Crippen molar-refractivity contribution in [3.63, 3.8) is 0 Å². The highest BCUT2D eigenvalue weighted by Crippen LogP contribution is 2.30. The molecule has 2 rings (SSSR count). The Morgan fingerprint density at radius 2 is 2.07 bits per heavy atom. The number of nitrogens with two attached hydrogens (primary N) is 1. The molecule has 0 unspecified atom stereocenters. The van der Waals surface area contributed by atoms with E-state index in [1.54, 1.807) is 0 Å². The van der Waals surface area contributed by atoms with Crippen molar-refractivity contribution in [3.8, 4) is 11.5 Å². The van der Waals surface area contributed by atoms with Crippen LogP contribution >= 0.6 is 0 Å². The molecule has 3 heteroatoms. The zero-order valence-electron chi connectivity index (χ0n) is 8.74. The van der Waals surface area contributed by atoms with E-state index in [-0.39, 0.29) is 0 Å². The molecular formula is C12H16NO2+. The standard InChI is InChI=1S/C12H15NO2/c1-2-5-13-9-10-3-4-11-12(8-10)15-7-6-14-11/h2-4,8,13H,1,5-7,9H2/p+1. The van der Waals surface area contributed by atoms with Crippen LogP contribution in [0.2, 0.25) is 0 Å². The third kappa shape index (κ3) is 2.50. The molecule has 0 fully saturated rings. The lowest BCUT2D eigenvalue weighted by Crippen LogP contribution is -2.82. The molecule has 1 aliphatic rings. The van der Waals surface area contributed by atoms with E-state index in [0.29, 0.717) is 13.2 Å². The van der Waals surface area contributed by atoms with Gasteiger partial charge < -0.3 is 14.8 Å². The molecule has 0 spiro atoms. The first-order chi connectivity index (χ1) is 7.40. The van der Waals surface area contributed by atoms with Crippen molar-refractivity contribution in [2.75, 3.05) is 19.8 Å². The number of quaternary nitrogens is 1. The molecule has 0 amide bonds. The summed E-state index contributed by atoms with van der Waals surface area (Å²) < 4.78 is 11.0. The van der Waals surface area contributed by atoms with Crippen LogP contribution < -0.4 is 14.8 Å². The lowest BCUT2D eigenvalue weighted by molar-refractivity contribution is -0.662. The molecule has 0 atom stereocenters. The van der Waals surface area contributed by atoms with Gasteiger partial charge >= 0.3 is 0 Å². The van der Waals surface area contributed by atoms with Crippen LogP contribution in [0.1, 0.15) is 5.56 Å². The summed E-state index contributed by atoms with van der Waals surface area (Å²) in [6, 6.07) is 6.10. The van der Waals surface area contributed by atoms with E-state index in [4.69, 9.17) is 9.47 Å². The number of hydrogen-bond donors (Lipinski definition) is 1. The maximum Gasteiger partial charge on any atom is 0.161 e. The molecular weight excluding hydrogens is 190 g/mol. The molecule has 1 aliphatic heterocycles. The SMILES string of the molecule is C=CC[NH2+]Cc1ccc2c(c1)OCCO2. The van der Waals surface area contributed by atoms with E-state index >= 15 is 0 Å². The quantitative estimate of drug-likeness (QED) is 0.581. The van der Waals surface area contributed by atoms with Crippen LogP contribution in [0.4, 0.5) is 0 Å². The van der Waals surface area contributed by atoms with Crippen molar-refractivity contribution >= 4 is 0 Å². The van der Waals surface area contributed by atoms with Gasteiger partial charge in [-0.05, 0) is 24.3 Å². The third-order valence-electron chi connectivity index (χ3n) is 2.32. The minimum absolute atomic E-state index is 0.646. The van der Waals surface area contributed by atoms with Crippen LogP contribution in [0.3, 0.4) is 0 Å². The largest absolute Gasteiger partial charge is 0.486 e. The van der Waals surface area contributed by atoms with Gasteiger partial charge in [0.25, 0.3) is 0 Å². The van der Waals surface area contributed by atoms with E-state index < -0.39 is 0 Å². The Bertz CT molecular complexity index is 349. The minimum atomic E-state index is 0.646. The summed E-state index contributed by atoms with van der Waals surface area (Å²) in [6.07, 6.45) is 1.90. The van der Waals surface area contributed by atoms with Crippen LogP contribution in [0, 0.1) is 0 Å². The lowest BCUT2D eigenvalue weighted by Gasteiger charge is -2.18. The number of rotatable bonds is 4. The first-order valence-electron chi connectivity index (χ1n) is 5.21. The monoisotopic (exact) mass is 206 g/mol. The Morgan fingerprint density at radius 3 is 2.87 bits per heavy atom. The smallest absolute Gasteiger partial charge is 0.161 e. The van der Waals surface area contributed by atoms with E-state index in [2.05, 4.69) is 18.0 Å². The van der Waals surface area contributed by atoms with Crippen molar-refractivity contribution in [3.05, 3.63) is 36.4 Å². The van der Waals surface area contributed by atoms with Gasteiger partial charge in [0.15, 0.2) is 11.5 Å².